The van der Waals surface area contributed by atoms with Gasteiger partial charge in [-0.05, 0) is 35.7 Å². The molecule has 3 aromatic rings. The summed E-state index contributed by atoms with van der Waals surface area (Å²) in [5, 5.41) is 2.95. The second-order valence-electron chi connectivity index (χ2n) is 5.14. The maximum atomic E-state index is 12.5. The zero-order chi connectivity index (χ0) is 15.2. The second-order valence-corrected chi connectivity index (χ2v) is 5.14. The van der Waals surface area contributed by atoms with Crippen LogP contribution in [0.2, 0.25) is 0 Å². The van der Waals surface area contributed by atoms with Gasteiger partial charge in [0, 0.05) is 11.3 Å². The first kappa shape index (κ1) is 14.1. The Morgan fingerprint density at radius 3 is 2.05 bits per heavy atom. The van der Waals surface area contributed by atoms with E-state index in [9.17, 15) is 4.79 Å². The maximum Gasteiger partial charge on any atom is 0.255 e. The predicted octanol–water partition coefficient (Wildman–Crippen LogP) is 4.53. The fraction of sp³-hybridized carbons (Fsp3) is 0.0500. The van der Waals surface area contributed by atoms with Gasteiger partial charge in [0.25, 0.3) is 5.91 Å². The van der Waals surface area contributed by atoms with Crippen molar-refractivity contribution in [3.8, 4) is 0 Å². The lowest BCUT2D eigenvalue weighted by atomic mass is 9.99. The highest BCUT2D eigenvalue weighted by Crippen LogP contribution is 2.16. The fourth-order valence-corrected chi connectivity index (χ4v) is 2.43. The number of carbonyl (C=O) groups excluding carboxylic acids is 1. The van der Waals surface area contributed by atoms with Gasteiger partial charge in [-0.25, -0.2) is 0 Å². The van der Waals surface area contributed by atoms with Gasteiger partial charge in [-0.1, -0.05) is 66.7 Å². The van der Waals surface area contributed by atoms with Crippen LogP contribution in [0.3, 0.4) is 0 Å². The summed E-state index contributed by atoms with van der Waals surface area (Å²) in [4.78, 5) is 12.5. The third-order valence-electron chi connectivity index (χ3n) is 3.53. The number of carbonyl (C=O) groups is 1. The van der Waals surface area contributed by atoms with Gasteiger partial charge in [0.05, 0.1) is 0 Å². The smallest absolute Gasteiger partial charge is 0.255 e. The average Bonchev–Trinajstić information content (AvgIpc) is 2.57. The van der Waals surface area contributed by atoms with Crippen LogP contribution in [0.5, 0.6) is 0 Å². The molecule has 0 heterocycles. The Hall–Kier alpha value is -2.87. The Morgan fingerprint density at radius 2 is 1.32 bits per heavy atom. The van der Waals surface area contributed by atoms with Gasteiger partial charge < -0.3 is 5.32 Å². The molecule has 0 atom stereocenters. The van der Waals surface area contributed by atoms with Crippen LogP contribution in [0.15, 0.2) is 84.9 Å². The van der Waals surface area contributed by atoms with E-state index in [2.05, 4.69) is 17.4 Å². The lowest BCUT2D eigenvalue weighted by Crippen LogP contribution is -2.14. The molecule has 2 nitrogen and oxygen atoms in total. The standard InChI is InChI=1S/C20H17NO/c22-20(21-18-12-5-2-6-13-18)19-14-8-7-11-17(19)15-16-9-3-1-4-10-16/h1-14H,15H2,(H,21,22). The van der Waals surface area contributed by atoms with Crippen LogP contribution in [0.25, 0.3) is 0 Å². The molecule has 0 spiro atoms. The molecule has 0 fully saturated rings. The molecule has 0 unspecified atom stereocenters. The van der Waals surface area contributed by atoms with E-state index in [0.29, 0.717) is 0 Å². The van der Waals surface area contributed by atoms with Crippen LogP contribution in [0.4, 0.5) is 5.69 Å². The molecule has 22 heavy (non-hydrogen) atoms. The van der Waals surface area contributed by atoms with Crippen molar-refractivity contribution in [3.63, 3.8) is 0 Å². The van der Waals surface area contributed by atoms with Crippen molar-refractivity contribution in [1.29, 1.82) is 0 Å². The third-order valence-corrected chi connectivity index (χ3v) is 3.53. The number of nitrogens with one attached hydrogen (secondary N) is 1. The van der Waals surface area contributed by atoms with E-state index in [-0.39, 0.29) is 5.91 Å². The maximum absolute atomic E-state index is 12.5. The topological polar surface area (TPSA) is 29.1 Å². The van der Waals surface area contributed by atoms with Crippen molar-refractivity contribution in [2.45, 2.75) is 6.42 Å². The average molecular weight is 287 g/mol. The first-order chi connectivity index (χ1) is 10.8. The minimum atomic E-state index is -0.0715. The van der Waals surface area contributed by atoms with Gasteiger partial charge in [-0.2, -0.15) is 0 Å². The summed E-state index contributed by atoms with van der Waals surface area (Å²) >= 11 is 0. The molecule has 0 aromatic heterocycles. The molecule has 2 heteroatoms. The Labute approximate surface area is 130 Å². The van der Waals surface area contributed by atoms with Crippen LogP contribution in [-0.2, 0) is 6.42 Å². The number of para-hydroxylation sites is 1. The van der Waals surface area contributed by atoms with Crippen molar-refractivity contribution < 1.29 is 4.79 Å². The van der Waals surface area contributed by atoms with E-state index in [0.717, 1.165) is 23.2 Å². The SMILES string of the molecule is O=C(Nc1ccccc1)c1ccccc1Cc1ccccc1. The Bertz CT molecular complexity index is 751. The van der Waals surface area contributed by atoms with Crippen LogP contribution in [0, 0.1) is 0 Å². The van der Waals surface area contributed by atoms with Crippen molar-refractivity contribution >= 4 is 11.6 Å². The van der Waals surface area contributed by atoms with Gasteiger partial charge in [0.15, 0.2) is 0 Å². The highest BCUT2D eigenvalue weighted by molar-refractivity contribution is 6.05. The largest absolute Gasteiger partial charge is 0.322 e. The molecular weight excluding hydrogens is 270 g/mol. The summed E-state index contributed by atoms with van der Waals surface area (Å²) in [5.41, 5.74) is 3.75. The van der Waals surface area contributed by atoms with E-state index in [1.807, 2.05) is 72.8 Å². The predicted molar refractivity (Wildman–Crippen MR) is 90.1 cm³/mol. The van der Waals surface area contributed by atoms with Crippen LogP contribution >= 0.6 is 0 Å². The Balaban J connectivity index is 1.83. The molecule has 0 bridgehead atoms. The second kappa shape index (κ2) is 6.72. The summed E-state index contributed by atoms with van der Waals surface area (Å²) in [6.45, 7) is 0. The lowest BCUT2D eigenvalue weighted by molar-refractivity contribution is 0.102. The molecule has 3 aromatic carbocycles. The van der Waals surface area contributed by atoms with Crippen molar-refractivity contribution in [3.05, 3.63) is 102 Å². The van der Waals surface area contributed by atoms with E-state index in [1.54, 1.807) is 0 Å². The highest BCUT2D eigenvalue weighted by atomic mass is 16.1. The Morgan fingerprint density at radius 1 is 0.727 bits per heavy atom. The number of anilines is 1. The monoisotopic (exact) mass is 287 g/mol. The number of amides is 1. The van der Waals surface area contributed by atoms with Crippen molar-refractivity contribution in [2.75, 3.05) is 5.32 Å². The van der Waals surface area contributed by atoms with Crippen LogP contribution < -0.4 is 5.32 Å². The molecular formula is C20H17NO. The molecule has 0 aliphatic heterocycles. The van der Waals surface area contributed by atoms with E-state index < -0.39 is 0 Å². The minimum Gasteiger partial charge on any atom is -0.322 e. The molecule has 1 N–H and O–H groups in total. The zero-order valence-electron chi connectivity index (χ0n) is 12.2. The van der Waals surface area contributed by atoms with E-state index >= 15 is 0 Å². The number of rotatable bonds is 4. The van der Waals surface area contributed by atoms with Crippen molar-refractivity contribution in [1.82, 2.24) is 0 Å². The molecule has 0 aliphatic carbocycles. The summed E-state index contributed by atoms with van der Waals surface area (Å²) in [7, 11) is 0. The summed E-state index contributed by atoms with van der Waals surface area (Å²) in [6.07, 6.45) is 0.749. The number of benzene rings is 3. The summed E-state index contributed by atoms with van der Waals surface area (Å²) < 4.78 is 0. The van der Waals surface area contributed by atoms with Crippen molar-refractivity contribution in [2.24, 2.45) is 0 Å². The molecule has 0 radical (unpaired) electrons. The molecule has 0 saturated heterocycles. The summed E-state index contributed by atoms with van der Waals surface area (Å²) in [6, 6.07) is 27.4. The van der Waals surface area contributed by atoms with E-state index in [4.69, 9.17) is 0 Å². The zero-order valence-corrected chi connectivity index (χ0v) is 12.2. The van der Waals surface area contributed by atoms with Gasteiger partial charge in [-0.3, -0.25) is 4.79 Å². The molecule has 1 amide bonds. The number of hydrogen-bond donors (Lipinski definition) is 1. The molecule has 0 saturated carbocycles. The minimum absolute atomic E-state index is 0.0715. The molecule has 3 rings (SSSR count). The summed E-state index contributed by atoms with van der Waals surface area (Å²) in [5.74, 6) is -0.0715. The highest BCUT2D eigenvalue weighted by Gasteiger charge is 2.11. The third kappa shape index (κ3) is 3.41. The lowest BCUT2D eigenvalue weighted by Gasteiger charge is -2.10. The molecule has 108 valence electrons. The fourth-order valence-electron chi connectivity index (χ4n) is 2.43. The quantitative estimate of drug-likeness (QED) is 0.750. The van der Waals surface area contributed by atoms with Gasteiger partial charge in [0.2, 0.25) is 0 Å². The Kier molecular flexibility index (Phi) is 4.30. The van der Waals surface area contributed by atoms with E-state index in [1.165, 1.54) is 5.56 Å². The first-order valence-electron chi connectivity index (χ1n) is 7.31. The first-order valence-corrected chi connectivity index (χ1v) is 7.31. The molecule has 0 aliphatic rings. The number of hydrogen-bond acceptors (Lipinski definition) is 1. The van der Waals surface area contributed by atoms with Crippen LogP contribution in [0.1, 0.15) is 21.5 Å². The van der Waals surface area contributed by atoms with Gasteiger partial charge in [0.1, 0.15) is 0 Å². The van der Waals surface area contributed by atoms with Gasteiger partial charge >= 0.3 is 0 Å². The van der Waals surface area contributed by atoms with Gasteiger partial charge in [-0.15, -0.1) is 0 Å². The van der Waals surface area contributed by atoms with Crippen LogP contribution in [-0.4, -0.2) is 5.91 Å². The normalized spacial score (nSPS) is 10.2.